The first-order valence-corrected chi connectivity index (χ1v) is 9.40. The highest BCUT2D eigenvalue weighted by atomic mass is 16.5. The van der Waals surface area contributed by atoms with Gasteiger partial charge in [0.1, 0.15) is 5.75 Å². The summed E-state index contributed by atoms with van der Waals surface area (Å²) in [5.74, 6) is 1.35. The van der Waals surface area contributed by atoms with E-state index in [2.05, 4.69) is 22.0 Å². The normalized spacial score (nSPS) is 15.5. The maximum Gasteiger partial charge on any atom is 0.194 e. The van der Waals surface area contributed by atoms with E-state index in [1.54, 1.807) is 6.07 Å². The number of para-hydroxylation sites is 2. The van der Waals surface area contributed by atoms with Crippen LogP contribution in [0.2, 0.25) is 0 Å². The van der Waals surface area contributed by atoms with E-state index < -0.39 is 0 Å². The summed E-state index contributed by atoms with van der Waals surface area (Å²) in [5, 5.41) is 13.4. The van der Waals surface area contributed by atoms with Gasteiger partial charge in [-0.05, 0) is 38.8 Å². The Kier molecular flexibility index (Phi) is 8.39. The first-order valence-electron chi connectivity index (χ1n) is 9.40. The van der Waals surface area contributed by atoms with Gasteiger partial charge < -0.3 is 25.0 Å². The van der Waals surface area contributed by atoms with Crippen LogP contribution in [0.1, 0.15) is 26.7 Å². The third kappa shape index (κ3) is 6.12. The summed E-state index contributed by atoms with van der Waals surface area (Å²) in [5.41, 5.74) is 0.917. The van der Waals surface area contributed by atoms with Gasteiger partial charge in [0.15, 0.2) is 5.96 Å². The number of anilines is 1. The molecule has 0 spiro atoms. The molecule has 0 saturated carbocycles. The summed E-state index contributed by atoms with van der Waals surface area (Å²) in [6.45, 7) is 11.0. The van der Waals surface area contributed by atoms with Gasteiger partial charge in [-0.15, -0.1) is 0 Å². The minimum Gasteiger partial charge on any atom is -0.506 e. The predicted molar refractivity (Wildman–Crippen MR) is 104 cm³/mol. The van der Waals surface area contributed by atoms with Crippen LogP contribution in [0, 0.1) is 0 Å². The Balaban J connectivity index is 1.83. The van der Waals surface area contributed by atoms with Gasteiger partial charge in [-0.25, -0.2) is 0 Å². The maximum absolute atomic E-state index is 10.0. The summed E-state index contributed by atoms with van der Waals surface area (Å²) in [4.78, 5) is 9.30. The van der Waals surface area contributed by atoms with E-state index in [4.69, 9.17) is 9.73 Å². The third-order valence-corrected chi connectivity index (χ3v) is 4.30. The van der Waals surface area contributed by atoms with E-state index in [-0.39, 0.29) is 0 Å². The number of phenolic OH excluding ortho intramolecular Hbond substituents is 1. The number of unbranched alkanes of at least 4 members (excludes halogenated alkanes) is 1. The van der Waals surface area contributed by atoms with Crippen LogP contribution in [-0.2, 0) is 4.74 Å². The van der Waals surface area contributed by atoms with Crippen LogP contribution >= 0.6 is 0 Å². The molecule has 6 heteroatoms. The standard InChI is InChI=1S/C19H32N4O2/c1-3-20-19(21-11-7-8-16-25-4-2)23-14-12-22(13-15-23)17-9-5-6-10-18(17)24/h5-6,9-10,24H,3-4,7-8,11-16H2,1-2H3,(H,20,21). The van der Waals surface area contributed by atoms with Gasteiger partial charge in [0.2, 0.25) is 0 Å². The van der Waals surface area contributed by atoms with Crippen LogP contribution in [0.4, 0.5) is 5.69 Å². The van der Waals surface area contributed by atoms with E-state index in [9.17, 15) is 5.11 Å². The summed E-state index contributed by atoms with van der Waals surface area (Å²) < 4.78 is 5.37. The van der Waals surface area contributed by atoms with Crippen molar-refractivity contribution in [3.63, 3.8) is 0 Å². The molecule has 1 aromatic rings. The second kappa shape index (κ2) is 10.8. The fraction of sp³-hybridized carbons (Fsp3) is 0.632. The van der Waals surface area contributed by atoms with Crippen LogP contribution in [-0.4, -0.2) is 68.4 Å². The fourth-order valence-corrected chi connectivity index (χ4v) is 2.96. The highest BCUT2D eigenvalue weighted by Crippen LogP contribution is 2.27. The lowest BCUT2D eigenvalue weighted by atomic mass is 10.2. The molecule has 2 N–H and O–H groups in total. The summed E-state index contributed by atoms with van der Waals surface area (Å²) in [7, 11) is 0. The van der Waals surface area contributed by atoms with Gasteiger partial charge in [0, 0.05) is 52.5 Å². The average molecular weight is 348 g/mol. The van der Waals surface area contributed by atoms with Crippen molar-refractivity contribution in [2.24, 2.45) is 4.99 Å². The van der Waals surface area contributed by atoms with Gasteiger partial charge >= 0.3 is 0 Å². The topological polar surface area (TPSA) is 60.3 Å². The molecule has 1 aromatic carbocycles. The number of guanidine groups is 1. The Hall–Kier alpha value is -1.95. The molecule has 0 aromatic heterocycles. The molecule has 2 rings (SSSR count). The Bertz CT molecular complexity index is 528. The molecule has 0 aliphatic carbocycles. The van der Waals surface area contributed by atoms with Crippen LogP contribution in [0.5, 0.6) is 5.75 Å². The molecule has 1 saturated heterocycles. The van der Waals surface area contributed by atoms with Crippen LogP contribution < -0.4 is 10.2 Å². The molecule has 0 bridgehead atoms. The second-order valence-corrected chi connectivity index (χ2v) is 6.10. The van der Waals surface area contributed by atoms with Gasteiger partial charge in [-0.2, -0.15) is 0 Å². The summed E-state index contributed by atoms with van der Waals surface area (Å²) in [6.07, 6.45) is 2.10. The molecule has 1 aliphatic heterocycles. The van der Waals surface area contributed by atoms with Crippen LogP contribution in [0.15, 0.2) is 29.3 Å². The molecule has 0 radical (unpaired) electrons. The van der Waals surface area contributed by atoms with Crippen molar-refractivity contribution in [3.8, 4) is 5.75 Å². The van der Waals surface area contributed by atoms with E-state index in [1.807, 2.05) is 25.1 Å². The first kappa shape index (κ1) is 19.4. The smallest absolute Gasteiger partial charge is 0.194 e. The number of aromatic hydroxyl groups is 1. The Morgan fingerprint density at radius 2 is 1.92 bits per heavy atom. The van der Waals surface area contributed by atoms with Crippen molar-refractivity contribution in [1.82, 2.24) is 10.2 Å². The number of aliphatic imine (C=N–C) groups is 1. The predicted octanol–water partition coefficient (Wildman–Crippen LogP) is 2.30. The Morgan fingerprint density at radius 3 is 2.60 bits per heavy atom. The fourth-order valence-electron chi connectivity index (χ4n) is 2.96. The van der Waals surface area contributed by atoms with Gasteiger partial charge in [-0.1, -0.05) is 12.1 Å². The molecule has 1 aliphatic rings. The van der Waals surface area contributed by atoms with Gasteiger partial charge in [-0.3, -0.25) is 4.99 Å². The van der Waals surface area contributed by atoms with E-state index >= 15 is 0 Å². The van der Waals surface area contributed by atoms with Crippen molar-refractivity contribution in [2.45, 2.75) is 26.7 Å². The van der Waals surface area contributed by atoms with Crippen molar-refractivity contribution in [2.75, 3.05) is 57.4 Å². The number of nitrogens with zero attached hydrogens (tertiary/aromatic N) is 3. The largest absolute Gasteiger partial charge is 0.506 e. The Morgan fingerprint density at radius 1 is 1.16 bits per heavy atom. The second-order valence-electron chi connectivity index (χ2n) is 6.10. The van der Waals surface area contributed by atoms with E-state index in [1.165, 1.54) is 0 Å². The number of hydrogen-bond donors (Lipinski definition) is 2. The van der Waals surface area contributed by atoms with Crippen molar-refractivity contribution < 1.29 is 9.84 Å². The number of hydrogen-bond acceptors (Lipinski definition) is 4. The number of piperazine rings is 1. The SMILES string of the molecule is CCNC(=NCCCCOCC)N1CCN(c2ccccc2O)CC1. The van der Waals surface area contributed by atoms with Crippen molar-refractivity contribution in [1.29, 1.82) is 0 Å². The molecule has 0 amide bonds. The lowest BCUT2D eigenvalue weighted by Crippen LogP contribution is -2.52. The monoisotopic (exact) mass is 348 g/mol. The van der Waals surface area contributed by atoms with Crippen molar-refractivity contribution in [3.05, 3.63) is 24.3 Å². The molecule has 0 unspecified atom stereocenters. The first-order chi connectivity index (χ1) is 12.3. The zero-order valence-electron chi connectivity index (χ0n) is 15.6. The van der Waals surface area contributed by atoms with Gasteiger partial charge in [0.25, 0.3) is 0 Å². The summed E-state index contributed by atoms with van der Waals surface area (Å²) >= 11 is 0. The Labute approximate surface area is 151 Å². The quantitative estimate of drug-likeness (QED) is 0.429. The number of rotatable bonds is 8. The zero-order valence-corrected chi connectivity index (χ0v) is 15.6. The molecule has 140 valence electrons. The number of nitrogens with one attached hydrogen (secondary N) is 1. The minimum atomic E-state index is 0.353. The maximum atomic E-state index is 10.0. The highest BCUT2D eigenvalue weighted by molar-refractivity contribution is 5.80. The molecular formula is C19H32N4O2. The number of ether oxygens (including phenoxy) is 1. The summed E-state index contributed by atoms with van der Waals surface area (Å²) in [6, 6.07) is 7.55. The molecule has 1 heterocycles. The van der Waals surface area contributed by atoms with Crippen molar-refractivity contribution >= 4 is 11.6 Å². The van der Waals surface area contributed by atoms with Gasteiger partial charge in [0.05, 0.1) is 5.69 Å². The zero-order chi connectivity index (χ0) is 17.9. The van der Waals surface area contributed by atoms with Crippen LogP contribution in [0.3, 0.4) is 0 Å². The van der Waals surface area contributed by atoms with E-state index in [0.29, 0.717) is 5.75 Å². The molecule has 6 nitrogen and oxygen atoms in total. The lowest BCUT2D eigenvalue weighted by molar-refractivity contribution is 0.144. The molecule has 25 heavy (non-hydrogen) atoms. The minimum absolute atomic E-state index is 0.353. The molecular weight excluding hydrogens is 316 g/mol. The number of benzene rings is 1. The molecule has 0 atom stereocenters. The van der Waals surface area contributed by atoms with Crippen LogP contribution in [0.25, 0.3) is 0 Å². The lowest BCUT2D eigenvalue weighted by Gasteiger charge is -2.37. The highest BCUT2D eigenvalue weighted by Gasteiger charge is 2.21. The third-order valence-electron chi connectivity index (χ3n) is 4.30. The van der Waals surface area contributed by atoms with E-state index in [0.717, 1.165) is 77.0 Å². The average Bonchev–Trinajstić information content (AvgIpc) is 2.64. The molecule has 1 fully saturated rings. The number of phenols is 1.